The molecule has 1 saturated heterocycles. The summed E-state index contributed by atoms with van der Waals surface area (Å²) in [7, 11) is 0. The van der Waals surface area contributed by atoms with Crippen LogP contribution in [0.25, 0.3) is 39.4 Å². The number of oxazole rings is 1. The van der Waals surface area contributed by atoms with E-state index in [1.54, 1.807) is 0 Å². The molecule has 2 aromatic heterocycles. The standard InChI is InChI=1S/C34H30ClN5O3/c1-20-25(27-9-5-11-30(31(27)35)40-19-22-6-2-3-10-28(22)38-40)7-4-8-26(20)33-37-29-15-21(14-24(16-36)32(29)43-33)17-39-13-12-23(18-39)34(41)42/h4-5,7-9,11,14-15,19,23H,2-3,6,10,12-13,17-18H2,1H3,(H,41,42)/t23-/m1/s1. The van der Waals surface area contributed by atoms with Gasteiger partial charge in [-0.3, -0.25) is 9.69 Å². The summed E-state index contributed by atoms with van der Waals surface area (Å²) < 4.78 is 8.13. The van der Waals surface area contributed by atoms with E-state index in [0.29, 0.717) is 53.6 Å². The molecule has 3 heterocycles. The van der Waals surface area contributed by atoms with Crippen molar-refractivity contribution in [1.29, 1.82) is 5.26 Å². The van der Waals surface area contributed by atoms with Crippen LogP contribution in [0.5, 0.6) is 0 Å². The fourth-order valence-electron chi connectivity index (χ4n) is 6.48. The Morgan fingerprint density at radius 3 is 2.72 bits per heavy atom. The van der Waals surface area contributed by atoms with Gasteiger partial charge >= 0.3 is 5.97 Å². The number of rotatable bonds is 6. The number of nitrogens with zero attached hydrogens (tertiary/aromatic N) is 5. The number of halogens is 1. The number of fused-ring (bicyclic) bond motifs is 2. The van der Waals surface area contributed by atoms with Crippen LogP contribution in [-0.2, 0) is 24.2 Å². The third kappa shape index (κ3) is 4.99. The molecule has 1 aliphatic carbocycles. The van der Waals surface area contributed by atoms with Gasteiger partial charge in [0.15, 0.2) is 5.58 Å². The average Bonchev–Trinajstić information content (AvgIpc) is 3.75. The predicted molar refractivity (Wildman–Crippen MR) is 164 cm³/mol. The van der Waals surface area contributed by atoms with E-state index < -0.39 is 5.97 Å². The number of carbonyl (C=O) groups is 1. The van der Waals surface area contributed by atoms with Crippen molar-refractivity contribution in [2.45, 2.75) is 45.6 Å². The highest BCUT2D eigenvalue weighted by molar-refractivity contribution is 6.35. The molecule has 1 fully saturated rings. The second kappa shape index (κ2) is 11.0. The number of likely N-dealkylation sites (tertiary alicyclic amines) is 1. The smallest absolute Gasteiger partial charge is 0.307 e. The first-order valence-corrected chi connectivity index (χ1v) is 15.0. The van der Waals surface area contributed by atoms with Crippen LogP contribution >= 0.6 is 11.6 Å². The van der Waals surface area contributed by atoms with Gasteiger partial charge < -0.3 is 9.52 Å². The molecule has 7 rings (SSSR count). The molecule has 0 amide bonds. The molecule has 0 unspecified atom stereocenters. The molecular weight excluding hydrogens is 562 g/mol. The van der Waals surface area contributed by atoms with E-state index in [2.05, 4.69) is 17.2 Å². The Labute approximate surface area is 254 Å². The minimum Gasteiger partial charge on any atom is -0.481 e. The van der Waals surface area contributed by atoms with Gasteiger partial charge in [-0.2, -0.15) is 10.4 Å². The molecule has 3 aromatic carbocycles. The van der Waals surface area contributed by atoms with Gasteiger partial charge in [-0.05, 0) is 92.1 Å². The highest BCUT2D eigenvalue weighted by Crippen LogP contribution is 2.39. The molecule has 43 heavy (non-hydrogen) atoms. The summed E-state index contributed by atoms with van der Waals surface area (Å²) in [5.41, 5.74) is 9.31. The monoisotopic (exact) mass is 591 g/mol. The van der Waals surface area contributed by atoms with Crippen LogP contribution in [0, 0.1) is 24.2 Å². The van der Waals surface area contributed by atoms with E-state index in [9.17, 15) is 15.2 Å². The Kier molecular flexibility index (Phi) is 7.00. The van der Waals surface area contributed by atoms with Gasteiger partial charge in [0.1, 0.15) is 11.6 Å². The Hall–Kier alpha value is -4.45. The molecule has 5 aromatic rings. The molecule has 216 valence electrons. The zero-order valence-electron chi connectivity index (χ0n) is 23.8. The average molecular weight is 592 g/mol. The van der Waals surface area contributed by atoms with Gasteiger partial charge in [0.2, 0.25) is 5.89 Å². The molecule has 0 spiro atoms. The van der Waals surface area contributed by atoms with E-state index in [4.69, 9.17) is 26.1 Å². The first kappa shape index (κ1) is 27.4. The van der Waals surface area contributed by atoms with Crippen molar-refractivity contribution in [3.63, 3.8) is 0 Å². The molecule has 9 heteroatoms. The molecular formula is C34H30ClN5O3. The van der Waals surface area contributed by atoms with Crippen molar-refractivity contribution in [2.24, 2.45) is 5.92 Å². The van der Waals surface area contributed by atoms with Gasteiger partial charge in [0.05, 0.1) is 27.9 Å². The lowest BCUT2D eigenvalue weighted by Crippen LogP contribution is -2.22. The summed E-state index contributed by atoms with van der Waals surface area (Å²) in [6, 6.07) is 18.0. The third-order valence-corrected chi connectivity index (χ3v) is 9.16. The number of aliphatic carboxylic acids is 1. The van der Waals surface area contributed by atoms with Gasteiger partial charge in [0, 0.05) is 30.4 Å². The van der Waals surface area contributed by atoms with Crippen molar-refractivity contribution < 1.29 is 14.3 Å². The summed E-state index contributed by atoms with van der Waals surface area (Å²) in [6.45, 7) is 3.79. The molecule has 8 nitrogen and oxygen atoms in total. The maximum absolute atomic E-state index is 11.4. The normalized spacial score (nSPS) is 16.8. The van der Waals surface area contributed by atoms with Crippen LogP contribution in [0.15, 0.2) is 59.1 Å². The van der Waals surface area contributed by atoms with Crippen LogP contribution in [0.2, 0.25) is 5.02 Å². The highest BCUT2D eigenvalue weighted by atomic mass is 35.5. The number of benzene rings is 3. The third-order valence-electron chi connectivity index (χ3n) is 8.76. The van der Waals surface area contributed by atoms with Crippen LogP contribution < -0.4 is 0 Å². The van der Waals surface area contributed by atoms with E-state index in [-0.39, 0.29) is 5.92 Å². The van der Waals surface area contributed by atoms with E-state index in [1.165, 1.54) is 18.4 Å². The zero-order valence-corrected chi connectivity index (χ0v) is 24.6. The van der Waals surface area contributed by atoms with Crippen LogP contribution in [0.4, 0.5) is 0 Å². The van der Waals surface area contributed by atoms with Crippen molar-refractivity contribution in [1.82, 2.24) is 19.7 Å². The largest absolute Gasteiger partial charge is 0.481 e. The zero-order chi connectivity index (χ0) is 29.7. The van der Waals surface area contributed by atoms with Crippen LogP contribution in [-0.4, -0.2) is 43.8 Å². The quantitative estimate of drug-likeness (QED) is 0.227. The number of carboxylic acids is 1. The number of nitriles is 1. The highest BCUT2D eigenvalue weighted by Gasteiger charge is 2.28. The van der Waals surface area contributed by atoms with E-state index >= 15 is 0 Å². The van der Waals surface area contributed by atoms with Crippen LogP contribution in [0.3, 0.4) is 0 Å². The lowest BCUT2D eigenvalue weighted by atomic mass is 9.96. The predicted octanol–water partition coefficient (Wildman–Crippen LogP) is 6.97. The van der Waals surface area contributed by atoms with Gasteiger partial charge in [-0.15, -0.1) is 0 Å². The summed E-state index contributed by atoms with van der Waals surface area (Å²) >= 11 is 7.06. The number of hydrogen-bond donors (Lipinski definition) is 1. The topological polar surface area (TPSA) is 108 Å². The van der Waals surface area contributed by atoms with Crippen molar-refractivity contribution in [3.05, 3.63) is 87.7 Å². The first-order chi connectivity index (χ1) is 20.9. The molecule has 2 aliphatic rings. The number of aryl methyl sites for hydroxylation is 2. The molecule has 0 bridgehead atoms. The minimum atomic E-state index is -0.762. The van der Waals surface area contributed by atoms with Gasteiger partial charge in [-0.25, -0.2) is 9.67 Å². The number of hydrogen-bond acceptors (Lipinski definition) is 6. The van der Waals surface area contributed by atoms with Gasteiger partial charge in [0.25, 0.3) is 0 Å². The second-order valence-electron chi connectivity index (χ2n) is 11.6. The van der Waals surface area contributed by atoms with Gasteiger partial charge in [-0.1, -0.05) is 35.9 Å². The Balaban J connectivity index is 1.23. The van der Waals surface area contributed by atoms with E-state index in [1.807, 2.05) is 60.1 Å². The summed E-state index contributed by atoms with van der Waals surface area (Å²) in [5, 5.41) is 24.7. The number of aromatic nitrogens is 3. The molecule has 1 aliphatic heterocycles. The lowest BCUT2D eigenvalue weighted by molar-refractivity contribution is -0.141. The molecule has 0 radical (unpaired) electrons. The lowest BCUT2D eigenvalue weighted by Gasteiger charge is -2.15. The molecule has 1 atom stereocenters. The van der Waals surface area contributed by atoms with Crippen molar-refractivity contribution in [2.75, 3.05) is 13.1 Å². The summed E-state index contributed by atoms with van der Waals surface area (Å²) in [5.74, 6) is -0.684. The molecule has 0 saturated carbocycles. The fraction of sp³-hybridized carbons (Fsp3) is 0.294. The van der Waals surface area contributed by atoms with E-state index in [0.717, 1.165) is 52.0 Å². The second-order valence-corrected chi connectivity index (χ2v) is 11.9. The van der Waals surface area contributed by atoms with Crippen molar-refractivity contribution in [3.8, 4) is 34.3 Å². The fourth-order valence-corrected chi connectivity index (χ4v) is 6.79. The minimum absolute atomic E-state index is 0.355. The Morgan fingerprint density at radius 1 is 1.14 bits per heavy atom. The first-order valence-electron chi connectivity index (χ1n) is 14.6. The maximum Gasteiger partial charge on any atom is 0.307 e. The summed E-state index contributed by atoms with van der Waals surface area (Å²) in [4.78, 5) is 18.3. The number of carboxylic acid groups (broad SMARTS) is 1. The molecule has 1 N–H and O–H groups in total. The Morgan fingerprint density at radius 2 is 1.93 bits per heavy atom. The Bertz CT molecular complexity index is 1910. The maximum atomic E-state index is 11.4. The summed E-state index contributed by atoms with van der Waals surface area (Å²) in [6.07, 6.45) is 7.15. The SMILES string of the molecule is Cc1c(-c2nc3cc(CN4CC[C@@H](C(=O)O)C4)cc(C#N)c3o2)cccc1-c1cccc(-n2cc3c(n2)CCCC3)c1Cl. The van der Waals surface area contributed by atoms with Crippen molar-refractivity contribution >= 4 is 28.7 Å². The van der Waals surface area contributed by atoms with Crippen LogP contribution in [0.1, 0.15) is 47.2 Å².